The number of ether oxygens (including phenoxy) is 2. The summed E-state index contributed by atoms with van der Waals surface area (Å²) in [5.41, 5.74) is 1.14. The van der Waals surface area contributed by atoms with Gasteiger partial charge in [0.2, 0.25) is 22.7 Å². The van der Waals surface area contributed by atoms with Gasteiger partial charge in [-0.2, -0.15) is 0 Å². The molecule has 3 rings (SSSR count). The number of nitrogens with zero attached hydrogens (tertiary/aromatic N) is 2. The smallest absolute Gasteiger partial charge is 0.237 e. The molecule has 0 unspecified atom stereocenters. The Morgan fingerprint density at radius 1 is 1.16 bits per heavy atom. The third-order valence-corrected chi connectivity index (χ3v) is 5.74. The second-order valence-electron chi connectivity index (χ2n) is 6.07. The van der Waals surface area contributed by atoms with E-state index >= 15 is 0 Å². The maximum Gasteiger partial charge on any atom is 0.237 e. The van der Waals surface area contributed by atoms with Crippen molar-refractivity contribution in [3.63, 3.8) is 0 Å². The zero-order valence-corrected chi connectivity index (χ0v) is 15.0. The lowest BCUT2D eigenvalue weighted by atomic mass is 10.1. The Balaban J connectivity index is 1.46. The lowest BCUT2D eigenvalue weighted by molar-refractivity contribution is -0.131. The van der Waals surface area contributed by atoms with Gasteiger partial charge in [0.25, 0.3) is 0 Å². The van der Waals surface area contributed by atoms with Gasteiger partial charge < -0.3 is 14.4 Å². The van der Waals surface area contributed by atoms with Gasteiger partial charge in [0, 0.05) is 32.7 Å². The van der Waals surface area contributed by atoms with Crippen LogP contribution >= 0.6 is 0 Å². The van der Waals surface area contributed by atoms with Crippen LogP contribution in [0.25, 0.3) is 0 Å². The summed E-state index contributed by atoms with van der Waals surface area (Å²) in [4.78, 5) is 16.1. The summed E-state index contributed by atoms with van der Waals surface area (Å²) < 4.78 is 35.8. The van der Waals surface area contributed by atoms with Gasteiger partial charge in [0.15, 0.2) is 11.5 Å². The number of fused-ring (bicyclic) bond motifs is 1. The molecule has 0 aromatic heterocycles. The monoisotopic (exact) mass is 369 g/mol. The highest BCUT2D eigenvalue weighted by molar-refractivity contribution is 7.89. The van der Waals surface area contributed by atoms with Gasteiger partial charge in [-0.3, -0.25) is 9.69 Å². The molecule has 138 valence electrons. The molecule has 1 saturated heterocycles. The summed E-state index contributed by atoms with van der Waals surface area (Å²) >= 11 is 0. The van der Waals surface area contributed by atoms with E-state index in [-0.39, 0.29) is 25.0 Å². The Morgan fingerprint density at radius 3 is 2.60 bits per heavy atom. The van der Waals surface area contributed by atoms with Crippen LogP contribution in [0.4, 0.5) is 0 Å². The Morgan fingerprint density at radius 2 is 1.88 bits per heavy atom. The predicted molar refractivity (Wildman–Crippen MR) is 91.9 cm³/mol. The number of piperazine rings is 1. The zero-order valence-electron chi connectivity index (χ0n) is 14.2. The Kier molecular flexibility index (Phi) is 5.45. The van der Waals surface area contributed by atoms with E-state index in [2.05, 4.69) is 9.62 Å². The first-order valence-electron chi connectivity index (χ1n) is 8.33. The van der Waals surface area contributed by atoms with Crippen LogP contribution in [0, 0.1) is 0 Å². The van der Waals surface area contributed by atoms with Gasteiger partial charge in [-0.15, -0.1) is 0 Å². The number of benzene rings is 1. The molecular formula is C16H23N3O5S. The summed E-state index contributed by atoms with van der Waals surface area (Å²) in [5.74, 6) is 1.34. The molecular weight excluding hydrogens is 346 g/mol. The fraction of sp³-hybridized carbons (Fsp3) is 0.562. The van der Waals surface area contributed by atoms with Crippen LogP contribution in [0.5, 0.6) is 11.5 Å². The number of rotatable bonds is 6. The molecule has 8 nitrogen and oxygen atoms in total. The molecule has 0 saturated carbocycles. The van der Waals surface area contributed by atoms with Crippen molar-refractivity contribution in [2.75, 3.05) is 45.3 Å². The lowest BCUT2D eigenvalue weighted by Crippen LogP contribution is -2.50. The summed E-state index contributed by atoms with van der Waals surface area (Å²) in [6.07, 6.45) is 0. The van der Waals surface area contributed by atoms with Gasteiger partial charge in [-0.05, 0) is 24.6 Å². The first-order chi connectivity index (χ1) is 12.0. The summed E-state index contributed by atoms with van der Waals surface area (Å²) in [6, 6.07) is 5.92. The summed E-state index contributed by atoms with van der Waals surface area (Å²) in [6.45, 7) is 5.11. The van der Waals surface area contributed by atoms with E-state index in [1.54, 1.807) is 11.8 Å². The minimum absolute atomic E-state index is 0.0242. The van der Waals surface area contributed by atoms with Gasteiger partial charge in [-0.1, -0.05) is 6.07 Å². The highest BCUT2D eigenvalue weighted by Gasteiger charge is 2.22. The van der Waals surface area contributed by atoms with Crippen molar-refractivity contribution in [1.82, 2.24) is 14.5 Å². The number of amides is 1. The largest absolute Gasteiger partial charge is 0.454 e. The van der Waals surface area contributed by atoms with E-state index in [1.807, 2.05) is 18.2 Å². The molecule has 1 amide bonds. The standard InChI is InChI=1S/C16H23N3O5S/c1-2-25(21,22)17-10-16(20)19-7-5-18(6-8-19)11-13-3-4-14-15(9-13)24-12-23-14/h3-4,9,17H,2,5-8,10-12H2,1H3. The lowest BCUT2D eigenvalue weighted by Gasteiger charge is -2.34. The zero-order chi connectivity index (χ0) is 17.9. The molecule has 2 heterocycles. The minimum atomic E-state index is -3.34. The predicted octanol–water partition coefficient (Wildman–Crippen LogP) is -0.00120. The molecule has 0 bridgehead atoms. The van der Waals surface area contributed by atoms with Crippen molar-refractivity contribution in [1.29, 1.82) is 0 Å². The summed E-state index contributed by atoms with van der Waals surface area (Å²) in [5, 5.41) is 0. The maximum absolute atomic E-state index is 12.1. The number of nitrogens with one attached hydrogen (secondary N) is 1. The molecule has 1 aromatic rings. The van der Waals surface area contributed by atoms with Crippen LogP contribution in [0.1, 0.15) is 12.5 Å². The third-order valence-electron chi connectivity index (χ3n) is 4.39. The van der Waals surface area contributed by atoms with Crippen LogP contribution in [0.15, 0.2) is 18.2 Å². The fourth-order valence-electron chi connectivity index (χ4n) is 2.84. The number of hydrogen-bond acceptors (Lipinski definition) is 6. The second kappa shape index (κ2) is 7.59. The minimum Gasteiger partial charge on any atom is -0.454 e. The van der Waals surface area contributed by atoms with Crippen LogP contribution in [0.3, 0.4) is 0 Å². The van der Waals surface area contributed by atoms with Crippen molar-refractivity contribution in [2.24, 2.45) is 0 Å². The average Bonchev–Trinajstić information content (AvgIpc) is 3.08. The fourth-order valence-corrected chi connectivity index (χ4v) is 3.39. The Labute approximate surface area is 147 Å². The maximum atomic E-state index is 12.1. The van der Waals surface area contributed by atoms with E-state index in [0.717, 1.165) is 36.7 Å². The molecule has 1 aromatic carbocycles. The topological polar surface area (TPSA) is 88.2 Å². The number of carbonyl (C=O) groups is 1. The molecule has 2 aliphatic rings. The van der Waals surface area contributed by atoms with E-state index in [4.69, 9.17) is 9.47 Å². The molecule has 1 fully saturated rings. The normalized spacial score (nSPS) is 17.7. The van der Waals surface area contributed by atoms with E-state index in [9.17, 15) is 13.2 Å². The van der Waals surface area contributed by atoms with Crippen LogP contribution in [-0.2, 0) is 21.4 Å². The van der Waals surface area contributed by atoms with E-state index in [0.29, 0.717) is 13.1 Å². The SMILES string of the molecule is CCS(=O)(=O)NCC(=O)N1CCN(Cc2ccc3c(c2)OCO3)CC1. The average molecular weight is 369 g/mol. The molecule has 0 aliphatic carbocycles. The van der Waals surface area contributed by atoms with Crippen molar-refractivity contribution in [3.05, 3.63) is 23.8 Å². The molecule has 1 N–H and O–H groups in total. The number of carbonyl (C=O) groups excluding carboxylic acids is 1. The van der Waals surface area contributed by atoms with Gasteiger partial charge >= 0.3 is 0 Å². The van der Waals surface area contributed by atoms with Crippen molar-refractivity contribution in [2.45, 2.75) is 13.5 Å². The quantitative estimate of drug-likeness (QED) is 0.759. The molecule has 9 heteroatoms. The van der Waals surface area contributed by atoms with E-state index < -0.39 is 10.0 Å². The number of sulfonamides is 1. The number of hydrogen-bond donors (Lipinski definition) is 1. The van der Waals surface area contributed by atoms with Crippen molar-refractivity contribution < 1.29 is 22.7 Å². The molecule has 0 atom stereocenters. The highest BCUT2D eigenvalue weighted by atomic mass is 32.2. The molecule has 0 radical (unpaired) electrons. The summed E-state index contributed by atoms with van der Waals surface area (Å²) in [7, 11) is -3.34. The van der Waals surface area contributed by atoms with Gasteiger partial charge in [0.05, 0.1) is 12.3 Å². The molecule has 2 aliphatic heterocycles. The first-order valence-corrected chi connectivity index (χ1v) is 9.98. The third kappa shape index (κ3) is 4.62. The van der Waals surface area contributed by atoms with Gasteiger partial charge in [0.1, 0.15) is 0 Å². The molecule has 0 spiro atoms. The Hall–Kier alpha value is -1.84. The van der Waals surface area contributed by atoms with E-state index in [1.165, 1.54) is 0 Å². The highest BCUT2D eigenvalue weighted by Crippen LogP contribution is 2.32. The van der Waals surface area contributed by atoms with Crippen molar-refractivity contribution in [3.8, 4) is 11.5 Å². The van der Waals surface area contributed by atoms with Gasteiger partial charge in [-0.25, -0.2) is 13.1 Å². The Bertz CT molecular complexity index is 729. The van der Waals surface area contributed by atoms with Crippen LogP contribution in [0.2, 0.25) is 0 Å². The van der Waals surface area contributed by atoms with Crippen LogP contribution < -0.4 is 14.2 Å². The van der Waals surface area contributed by atoms with Crippen molar-refractivity contribution >= 4 is 15.9 Å². The molecule has 25 heavy (non-hydrogen) atoms. The van der Waals surface area contributed by atoms with Crippen LogP contribution in [-0.4, -0.2) is 69.4 Å². The second-order valence-corrected chi connectivity index (χ2v) is 8.16. The first kappa shape index (κ1) is 18.0.